The molecule has 0 spiro atoms. The second-order valence-corrected chi connectivity index (χ2v) is 5.21. The predicted octanol–water partition coefficient (Wildman–Crippen LogP) is 4.27. The molecule has 2 aromatic rings. The molecule has 0 amide bonds. The molecule has 0 atom stereocenters. The number of rotatable bonds is 5. The third-order valence-corrected chi connectivity index (χ3v) is 3.45. The van der Waals surface area contributed by atoms with Crippen LogP contribution in [-0.4, -0.2) is 18.9 Å². The number of alkyl halides is 3. The molecule has 0 bridgehead atoms. The SMILES string of the molecule is COC(=O)c1cc(C(C)=O)c(C(F)(F)F)cc1OCc1ccccc1. The van der Waals surface area contributed by atoms with Crippen LogP contribution in [0.5, 0.6) is 5.75 Å². The van der Waals surface area contributed by atoms with Crippen LogP contribution in [0.4, 0.5) is 13.2 Å². The van der Waals surface area contributed by atoms with Crippen molar-refractivity contribution in [2.24, 2.45) is 0 Å². The number of Topliss-reactive ketones (excluding diaryl/α,β-unsaturated/α-hetero) is 1. The molecule has 25 heavy (non-hydrogen) atoms. The summed E-state index contributed by atoms with van der Waals surface area (Å²) in [5.41, 5.74) is -1.30. The van der Waals surface area contributed by atoms with Crippen LogP contribution in [0.15, 0.2) is 42.5 Å². The number of carbonyl (C=O) groups is 2. The summed E-state index contributed by atoms with van der Waals surface area (Å²) in [6.07, 6.45) is -4.76. The molecule has 0 saturated carbocycles. The fourth-order valence-corrected chi connectivity index (χ4v) is 2.23. The van der Waals surface area contributed by atoms with Crippen LogP contribution >= 0.6 is 0 Å². The van der Waals surface area contributed by atoms with Gasteiger partial charge in [0.2, 0.25) is 0 Å². The van der Waals surface area contributed by atoms with Crippen LogP contribution in [-0.2, 0) is 17.5 Å². The van der Waals surface area contributed by atoms with E-state index in [0.717, 1.165) is 20.1 Å². The summed E-state index contributed by atoms with van der Waals surface area (Å²) < 4.78 is 49.7. The number of methoxy groups -OCH3 is 1. The van der Waals surface area contributed by atoms with E-state index < -0.39 is 29.1 Å². The summed E-state index contributed by atoms with van der Waals surface area (Å²) >= 11 is 0. The average molecular weight is 352 g/mol. The molecular formula is C18H15F3O4. The smallest absolute Gasteiger partial charge is 0.417 e. The highest BCUT2D eigenvalue weighted by Crippen LogP contribution is 2.37. The number of ether oxygens (including phenoxy) is 2. The van der Waals surface area contributed by atoms with Gasteiger partial charge in [-0.25, -0.2) is 4.79 Å². The first-order valence-electron chi connectivity index (χ1n) is 7.25. The van der Waals surface area contributed by atoms with Crippen molar-refractivity contribution >= 4 is 11.8 Å². The Morgan fingerprint density at radius 2 is 1.68 bits per heavy atom. The molecule has 0 unspecified atom stereocenters. The number of ketones is 1. The van der Waals surface area contributed by atoms with Gasteiger partial charge < -0.3 is 9.47 Å². The summed E-state index contributed by atoms with van der Waals surface area (Å²) in [6.45, 7) is 0.956. The zero-order valence-electron chi connectivity index (χ0n) is 13.5. The molecule has 0 saturated heterocycles. The Kier molecular flexibility index (Phi) is 5.46. The summed E-state index contributed by atoms with van der Waals surface area (Å²) in [5, 5.41) is 0. The van der Waals surface area contributed by atoms with Gasteiger partial charge in [0.25, 0.3) is 0 Å². The van der Waals surface area contributed by atoms with Gasteiger partial charge in [-0.3, -0.25) is 4.79 Å². The van der Waals surface area contributed by atoms with Crippen LogP contribution in [0, 0.1) is 0 Å². The van der Waals surface area contributed by atoms with E-state index in [2.05, 4.69) is 4.74 Å². The maximum atomic E-state index is 13.2. The zero-order valence-corrected chi connectivity index (χ0v) is 13.5. The second kappa shape index (κ2) is 7.38. The van der Waals surface area contributed by atoms with E-state index in [1.165, 1.54) is 0 Å². The molecule has 0 aliphatic rings. The minimum Gasteiger partial charge on any atom is -0.488 e. The van der Waals surface area contributed by atoms with Crippen molar-refractivity contribution in [1.82, 2.24) is 0 Å². The molecular weight excluding hydrogens is 337 g/mol. The highest BCUT2D eigenvalue weighted by atomic mass is 19.4. The minimum atomic E-state index is -4.76. The summed E-state index contributed by atoms with van der Waals surface area (Å²) in [7, 11) is 1.09. The van der Waals surface area contributed by atoms with Gasteiger partial charge >= 0.3 is 12.1 Å². The molecule has 0 aromatic heterocycles. The van der Waals surface area contributed by atoms with Gasteiger partial charge in [-0.2, -0.15) is 13.2 Å². The quantitative estimate of drug-likeness (QED) is 0.596. The third-order valence-electron chi connectivity index (χ3n) is 3.45. The standard InChI is InChI=1S/C18H15F3O4/c1-11(22)13-8-14(17(23)24-2)16(9-15(13)18(19,20)21)25-10-12-6-4-3-5-7-12/h3-9H,10H2,1-2H3. The Bertz CT molecular complexity index is 783. The van der Waals surface area contributed by atoms with Gasteiger partial charge in [0.05, 0.1) is 12.7 Å². The summed E-state index contributed by atoms with van der Waals surface area (Å²) in [6, 6.07) is 10.3. The molecule has 2 aromatic carbocycles. The maximum absolute atomic E-state index is 13.2. The molecule has 0 N–H and O–H groups in total. The van der Waals surface area contributed by atoms with E-state index in [-0.39, 0.29) is 17.9 Å². The second-order valence-electron chi connectivity index (χ2n) is 5.21. The molecule has 0 aliphatic heterocycles. The van der Waals surface area contributed by atoms with Crippen LogP contribution in [0.2, 0.25) is 0 Å². The minimum absolute atomic E-state index is 0.0401. The van der Waals surface area contributed by atoms with Crippen molar-refractivity contribution < 1.29 is 32.2 Å². The Labute approximate surface area is 142 Å². The number of hydrogen-bond donors (Lipinski definition) is 0. The van der Waals surface area contributed by atoms with Crippen LogP contribution in [0.1, 0.15) is 38.8 Å². The first kappa shape index (κ1) is 18.5. The summed E-state index contributed by atoms with van der Waals surface area (Å²) in [5.74, 6) is -2.00. The zero-order chi connectivity index (χ0) is 18.6. The van der Waals surface area contributed by atoms with Gasteiger partial charge in [0, 0.05) is 5.56 Å². The Hall–Kier alpha value is -2.83. The first-order chi connectivity index (χ1) is 11.7. The van der Waals surface area contributed by atoms with Gasteiger partial charge in [-0.1, -0.05) is 30.3 Å². The maximum Gasteiger partial charge on any atom is 0.417 e. The fourth-order valence-electron chi connectivity index (χ4n) is 2.23. The largest absolute Gasteiger partial charge is 0.488 e. The van der Waals surface area contributed by atoms with E-state index in [1.54, 1.807) is 30.3 Å². The number of halogens is 3. The Morgan fingerprint density at radius 1 is 1.04 bits per heavy atom. The van der Waals surface area contributed by atoms with Gasteiger partial charge in [-0.05, 0) is 24.6 Å². The van der Waals surface area contributed by atoms with Crippen molar-refractivity contribution in [2.45, 2.75) is 19.7 Å². The number of esters is 1. The van der Waals surface area contributed by atoms with Crippen LogP contribution < -0.4 is 4.74 Å². The van der Waals surface area contributed by atoms with E-state index in [0.29, 0.717) is 11.6 Å². The van der Waals surface area contributed by atoms with Crippen molar-refractivity contribution in [2.75, 3.05) is 7.11 Å². The van der Waals surface area contributed by atoms with Gasteiger partial charge in [0.15, 0.2) is 5.78 Å². The van der Waals surface area contributed by atoms with E-state index >= 15 is 0 Å². The Morgan fingerprint density at radius 3 is 2.20 bits per heavy atom. The van der Waals surface area contributed by atoms with Crippen LogP contribution in [0.25, 0.3) is 0 Å². The monoisotopic (exact) mass is 352 g/mol. The Balaban J connectivity index is 2.51. The van der Waals surface area contributed by atoms with Crippen molar-refractivity contribution in [3.05, 3.63) is 64.7 Å². The lowest BCUT2D eigenvalue weighted by atomic mass is 9.99. The molecule has 0 aliphatic carbocycles. The molecule has 0 fully saturated rings. The first-order valence-corrected chi connectivity index (χ1v) is 7.25. The molecule has 2 rings (SSSR count). The lowest BCUT2D eigenvalue weighted by Crippen LogP contribution is -2.15. The highest BCUT2D eigenvalue weighted by molar-refractivity contribution is 6.00. The van der Waals surface area contributed by atoms with E-state index in [1.807, 2.05) is 0 Å². The van der Waals surface area contributed by atoms with Crippen molar-refractivity contribution in [3.63, 3.8) is 0 Å². The molecule has 4 nitrogen and oxygen atoms in total. The molecule has 7 heteroatoms. The topological polar surface area (TPSA) is 52.6 Å². The van der Waals surface area contributed by atoms with Gasteiger partial charge in [0.1, 0.15) is 17.9 Å². The lowest BCUT2D eigenvalue weighted by molar-refractivity contribution is -0.138. The van der Waals surface area contributed by atoms with Crippen molar-refractivity contribution in [1.29, 1.82) is 0 Å². The van der Waals surface area contributed by atoms with Gasteiger partial charge in [-0.15, -0.1) is 0 Å². The van der Waals surface area contributed by atoms with E-state index in [4.69, 9.17) is 4.74 Å². The number of carbonyl (C=O) groups excluding carboxylic acids is 2. The summed E-state index contributed by atoms with van der Waals surface area (Å²) in [4.78, 5) is 23.5. The normalized spacial score (nSPS) is 11.1. The lowest BCUT2D eigenvalue weighted by Gasteiger charge is -2.16. The predicted molar refractivity (Wildman–Crippen MR) is 83.6 cm³/mol. The molecule has 0 radical (unpaired) electrons. The third kappa shape index (κ3) is 4.37. The van der Waals surface area contributed by atoms with E-state index in [9.17, 15) is 22.8 Å². The number of hydrogen-bond acceptors (Lipinski definition) is 4. The van der Waals surface area contributed by atoms with Crippen LogP contribution in [0.3, 0.4) is 0 Å². The highest BCUT2D eigenvalue weighted by Gasteiger charge is 2.36. The molecule has 132 valence electrons. The fraction of sp³-hybridized carbons (Fsp3) is 0.222. The van der Waals surface area contributed by atoms with Crippen molar-refractivity contribution in [3.8, 4) is 5.75 Å². The average Bonchev–Trinajstić information content (AvgIpc) is 2.58. The number of benzene rings is 2. The molecule has 0 heterocycles.